The third-order valence-corrected chi connectivity index (χ3v) is 9.76. The second-order valence-electron chi connectivity index (χ2n) is 8.40. The minimum Gasteiger partial charge on any atom is -0.414 e. The van der Waals surface area contributed by atoms with Crippen LogP contribution in [-0.2, 0) is 18.7 Å². The van der Waals surface area contributed by atoms with E-state index in [1.807, 2.05) is 0 Å². The lowest BCUT2D eigenvalue weighted by Crippen LogP contribution is -2.47. The highest BCUT2D eigenvalue weighted by atomic mass is 28.4. The fraction of sp³-hybridized carbons (Fsp3) is 0.632. The molecule has 0 saturated heterocycles. The molecule has 0 fully saturated rings. The number of nitrogens with one attached hydrogen (secondary N) is 1. The predicted octanol–water partition coefficient (Wildman–Crippen LogP) is 2.04. The molecule has 0 saturated carbocycles. The van der Waals surface area contributed by atoms with Crippen molar-refractivity contribution in [3.8, 4) is 0 Å². The summed E-state index contributed by atoms with van der Waals surface area (Å²) in [5, 5.41) is 0.00574. The van der Waals surface area contributed by atoms with Crippen LogP contribution in [0.25, 0.3) is 5.70 Å². The molecule has 0 radical (unpaired) electrons. The molecule has 0 aromatic carbocycles. The van der Waals surface area contributed by atoms with Crippen LogP contribution in [-0.4, -0.2) is 49.3 Å². The van der Waals surface area contributed by atoms with E-state index in [1.165, 1.54) is 16.8 Å². The number of ether oxygens (including phenoxy) is 2. The zero-order valence-corrected chi connectivity index (χ0v) is 18.6. The lowest BCUT2D eigenvalue weighted by Gasteiger charge is -2.38. The van der Waals surface area contributed by atoms with Crippen molar-refractivity contribution in [2.75, 3.05) is 13.2 Å². The van der Waals surface area contributed by atoms with Crippen molar-refractivity contribution in [1.82, 2.24) is 9.55 Å². The number of aromatic amines is 1. The van der Waals surface area contributed by atoms with Gasteiger partial charge in [-0.3, -0.25) is 19.1 Å². The summed E-state index contributed by atoms with van der Waals surface area (Å²) in [6, 6.07) is 0. The molecule has 9 heteroatoms. The van der Waals surface area contributed by atoms with Crippen LogP contribution in [0.3, 0.4) is 0 Å². The first-order valence-electron chi connectivity index (χ1n) is 9.37. The number of rotatable bonds is 6. The number of nitrogens with zero attached hydrogens (tertiary/aromatic N) is 1. The van der Waals surface area contributed by atoms with Gasteiger partial charge in [-0.2, -0.15) is 0 Å². The quantitative estimate of drug-likeness (QED) is 0.721. The molecule has 8 nitrogen and oxygen atoms in total. The van der Waals surface area contributed by atoms with E-state index in [0.717, 1.165) is 0 Å². The highest BCUT2D eigenvalue weighted by Crippen LogP contribution is 2.37. The molecule has 2 atom stereocenters. The van der Waals surface area contributed by atoms with Gasteiger partial charge in [0.25, 0.3) is 5.56 Å². The van der Waals surface area contributed by atoms with Gasteiger partial charge in [0.1, 0.15) is 6.10 Å². The largest absolute Gasteiger partial charge is 0.414 e. The molecular formula is C19H30N2O6Si. The lowest BCUT2D eigenvalue weighted by atomic mass is 10.1. The minimum absolute atomic E-state index is 0.00574. The molecule has 1 aliphatic rings. The molecule has 1 aliphatic heterocycles. The maximum Gasteiger partial charge on any atom is 0.332 e. The van der Waals surface area contributed by atoms with E-state index in [4.69, 9.17) is 13.9 Å². The SMILES string of the molecule is CCO[C@H]1O[C@H](CO[Si](C)(C)C(C)(C)C)C(=O)C=C1n1cc(C)c(=O)[nH]c1=O. The van der Waals surface area contributed by atoms with E-state index >= 15 is 0 Å². The summed E-state index contributed by atoms with van der Waals surface area (Å²) in [6.07, 6.45) is 0.984. The Morgan fingerprint density at radius 1 is 1.25 bits per heavy atom. The molecule has 0 bridgehead atoms. The fourth-order valence-electron chi connectivity index (χ4n) is 2.43. The Kier molecular flexibility index (Phi) is 6.65. The zero-order valence-electron chi connectivity index (χ0n) is 17.6. The number of aryl methyl sites for hydroxylation is 1. The Morgan fingerprint density at radius 2 is 1.89 bits per heavy atom. The van der Waals surface area contributed by atoms with Gasteiger partial charge in [0, 0.05) is 24.4 Å². The van der Waals surface area contributed by atoms with Crippen molar-refractivity contribution in [3.63, 3.8) is 0 Å². The Hall–Kier alpha value is -1.81. The van der Waals surface area contributed by atoms with Crippen molar-refractivity contribution in [3.05, 3.63) is 38.7 Å². The number of carbonyl (C=O) groups is 1. The van der Waals surface area contributed by atoms with Gasteiger partial charge in [0.2, 0.25) is 6.29 Å². The van der Waals surface area contributed by atoms with E-state index in [2.05, 4.69) is 38.8 Å². The third kappa shape index (κ3) is 4.77. The highest BCUT2D eigenvalue weighted by molar-refractivity contribution is 6.74. The van der Waals surface area contributed by atoms with E-state index < -0.39 is 32.0 Å². The fourth-order valence-corrected chi connectivity index (χ4v) is 3.43. The number of carbonyl (C=O) groups excluding carboxylic acids is 1. The monoisotopic (exact) mass is 410 g/mol. The molecule has 0 aliphatic carbocycles. The molecule has 1 aromatic heterocycles. The van der Waals surface area contributed by atoms with E-state index in [1.54, 1.807) is 13.8 Å². The van der Waals surface area contributed by atoms with Gasteiger partial charge < -0.3 is 13.9 Å². The normalized spacial score (nSPS) is 21.0. The van der Waals surface area contributed by atoms with Crippen LogP contribution in [0, 0.1) is 6.92 Å². The summed E-state index contributed by atoms with van der Waals surface area (Å²) in [7, 11) is -2.05. The first-order valence-corrected chi connectivity index (χ1v) is 12.3. The predicted molar refractivity (Wildman–Crippen MR) is 109 cm³/mol. The topological polar surface area (TPSA) is 99.6 Å². The van der Waals surface area contributed by atoms with Crippen molar-refractivity contribution in [2.24, 2.45) is 0 Å². The Balaban J connectivity index is 2.32. The molecule has 2 rings (SSSR count). The van der Waals surface area contributed by atoms with Crippen molar-refractivity contribution < 1.29 is 18.7 Å². The number of ketones is 1. The second kappa shape index (κ2) is 8.28. The van der Waals surface area contributed by atoms with Crippen molar-refractivity contribution in [1.29, 1.82) is 0 Å². The summed E-state index contributed by atoms with van der Waals surface area (Å²) in [5.41, 5.74) is -0.552. The molecule has 0 spiro atoms. The van der Waals surface area contributed by atoms with Crippen LogP contribution in [0.15, 0.2) is 21.9 Å². The van der Waals surface area contributed by atoms with E-state index in [9.17, 15) is 14.4 Å². The number of hydrogen-bond donors (Lipinski definition) is 1. The van der Waals surface area contributed by atoms with Gasteiger partial charge in [-0.25, -0.2) is 4.79 Å². The van der Waals surface area contributed by atoms with Crippen LogP contribution in [0.5, 0.6) is 0 Å². The van der Waals surface area contributed by atoms with Gasteiger partial charge in [0.15, 0.2) is 14.1 Å². The van der Waals surface area contributed by atoms with Gasteiger partial charge in [-0.15, -0.1) is 0 Å². The van der Waals surface area contributed by atoms with Crippen LogP contribution in [0.4, 0.5) is 0 Å². The Bertz CT molecular complexity index is 878. The van der Waals surface area contributed by atoms with Crippen LogP contribution < -0.4 is 11.2 Å². The smallest absolute Gasteiger partial charge is 0.332 e. The number of aromatic nitrogens is 2. The van der Waals surface area contributed by atoms with Gasteiger partial charge in [-0.1, -0.05) is 20.8 Å². The summed E-state index contributed by atoms with van der Waals surface area (Å²) in [6.45, 7) is 14.4. The molecule has 28 heavy (non-hydrogen) atoms. The first-order chi connectivity index (χ1) is 12.9. The molecule has 0 amide bonds. The average Bonchev–Trinajstić information content (AvgIpc) is 2.57. The highest BCUT2D eigenvalue weighted by Gasteiger charge is 2.40. The van der Waals surface area contributed by atoms with E-state index in [-0.39, 0.29) is 23.1 Å². The first kappa shape index (κ1) is 22.5. The number of H-pyrrole nitrogens is 1. The standard InChI is InChI=1S/C19H30N2O6Si/c1-8-25-17-13(21-10-12(2)16(23)20-18(21)24)9-14(22)15(27-17)11-26-28(6,7)19(3,4)5/h9-10,15,17H,8,11H2,1-7H3,(H,20,23,24)/t15-,17+/m1/s1. The molecule has 1 N–H and O–H groups in total. The maximum absolute atomic E-state index is 12.6. The lowest BCUT2D eigenvalue weighted by molar-refractivity contribution is -0.163. The summed E-state index contributed by atoms with van der Waals surface area (Å²) in [5.74, 6) is -0.305. The molecule has 156 valence electrons. The molecule has 1 aromatic rings. The van der Waals surface area contributed by atoms with Crippen molar-refractivity contribution >= 4 is 19.8 Å². The molecular weight excluding hydrogens is 380 g/mol. The van der Waals surface area contributed by atoms with Crippen LogP contribution in [0.1, 0.15) is 33.3 Å². The summed E-state index contributed by atoms with van der Waals surface area (Å²) >= 11 is 0. The zero-order chi connectivity index (χ0) is 21.3. The number of hydrogen-bond acceptors (Lipinski definition) is 6. The van der Waals surface area contributed by atoms with Gasteiger partial charge in [0.05, 0.1) is 12.3 Å². The third-order valence-electron chi connectivity index (χ3n) is 5.25. The molecule has 0 unspecified atom stereocenters. The summed E-state index contributed by atoms with van der Waals surface area (Å²) in [4.78, 5) is 38.7. The second-order valence-corrected chi connectivity index (χ2v) is 13.2. The van der Waals surface area contributed by atoms with Crippen LogP contribution in [0.2, 0.25) is 18.1 Å². The van der Waals surface area contributed by atoms with Crippen LogP contribution >= 0.6 is 0 Å². The van der Waals surface area contributed by atoms with E-state index in [0.29, 0.717) is 12.2 Å². The van der Waals surface area contributed by atoms with Crippen molar-refractivity contribution in [2.45, 2.75) is 65.1 Å². The van der Waals surface area contributed by atoms with Gasteiger partial charge in [-0.05, 0) is 32.0 Å². The Morgan fingerprint density at radius 3 is 2.46 bits per heavy atom. The minimum atomic E-state index is -2.05. The summed E-state index contributed by atoms with van der Waals surface area (Å²) < 4.78 is 18.8. The van der Waals surface area contributed by atoms with Gasteiger partial charge >= 0.3 is 5.69 Å². The molecule has 2 heterocycles. The Labute approximate surface area is 165 Å². The maximum atomic E-state index is 12.6. The average molecular weight is 411 g/mol.